The summed E-state index contributed by atoms with van der Waals surface area (Å²) < 4.78 is 30.7. The first kappa shape index (κ1) is 19.9. The Hall–Kier alpha value is -3.41. The van der Waals surface area contributed by atoms with Crippen LogP contribution in [0.15, 0.2) is 76.3 Å². The maximum Gasteiger partial charge on any atom is 0.271 e. The number of sulfonamides is 1. The van der Waals surface area contributed by atoms with Crippen LogP contribution in [-0.4, -0.2) is 18.0 Å². The van der Waals surface area contributed by atoms with Gasteiger partial charge in [-0.25, -0.2) is 13.4 Å². The summed E-state index contributed by atoms with van der Waals surface area (Å²) in [7, 11) is -3.85. The molecule has 0 fully saturated rings. The Morgan fingerprint density at radius 1 is 1.10 bits per heavy atom. The molecule has 0 radical (unpaired) electrons. The number of aromatic nitrogens is 2. The molecule has 4 rings (SSSR count). The van der Waals surface area contributed by atoms with Crippen molar-refractivity contribution in [2.75, 3.05) is 0 Å². The monoisotopic (exact) mass is 434 g/mol. The van der Waals surface area contributed by atoms with Gasteiger partial charge in [0, 0.05) is 12.1 Å². The van der Waals surface area contributed by atoms with Crippen molar-refractivity contribution in [1.29, 1.82) is 5.26 Å². The highest BCUT2D eigenvalue weighted by atomic mass is 32.2. The molecule has 8 heteroatoms. The maximum atomic E-state index is 13.0. The van der Waals surface area contributed by atoms with Gasteiger partial charge in [-0.05, 0) is 30.5 Å². The van der Waals surface area contributed by atoms with Crippen LogP contribution in [0.5, 0.6) is 0 Å². The number of thiophene rings is 1. The first-order valence-corrected chi connectivity index (χ1v) is 11.6. The molecule has 0 atom stereocenters. The van der Waals surface area contributed by atoms with Gasteiger partial charge in [0.25, 0.3) is 10.0 Å². The number of rotatable bonds is 6. The van der Waals surface area contributed by atoms with Gasteiger partial charge >= 0.3 is 0 Å². The number of benzene rings is 2. The van der Waals surface area contributed by atoms with E-state index in [2.05, 4.69) is 15.8 Å². The van der Waals surface area contributed by atoms with Crippen molar-refractivity contribution in [2.24, 2.45) is 0 Å². The fourth-order valence-electron chi connectivity index (χ4n) is 3.26. The first-order chi connectivity index (χ1) is 14.5. The van der Waals surface area contributed by atoms with Crippen LogP contribution in [-0.2, 0) is 16.6 Å². The van der Waals surface area contributed by atoms with E-state index < -0.39 is 10.0 Å². The average Bonchev–Trinajstić information content (AvgIpc) is 3.43. The summed E-state index contributed by atoms with van der Waals surface area (Å²) in [5, 5.41) is 11.8. The van der Waals surface area contributed by atoms with Crippen LogP contribution in [0.1, 0.15) is 18.3 Å². The zero-order valence-electron chi connectivity index (χ0n) is 16.1. The Morgan fingerprint density at radius 2 is 1.83 bits per heavy atom. The standard InChI is InChI=1S/C22H18N4O2S2/c1-2-26-19-12-7-6-11-18(19)24-22(26)17(15-23)21(16-9-4-3-5-10-16)25-30(27,28)20-13-8-14-29-20/h3-14,25H,2H2,1H3/b21-17-. The second-order valence-electron chi connectivity index (χ2n) is 6.43. The van der Waals surface area contributed by atoms with Gasteiger partial charge < -0.3 is 4.57 Å². The SMILES string of the molecule is CCn1c(/C(C#N)=C(\NS(=O)(=O)c2cccs2)c2ccccc2)nc2ccccc21. The summed E-state index contributed by atoms with van der Waals surface area (Å²) in [6.45, 7) is 2.55. The third kappa shape index (κ3) is 3.61. The lowest BCUT2D eigenvalue weighted by Crippen LogP contribution is -2.23. The number of hydrogen-bond acceptors (Lipinski definition) is 5. The van der Waals surface area contributed by atoms with Gasteiger partial charge in [-0.15, -0.1) is 11.3 Å². The average molecular weight is 435 g/mol. The molecule has 2 aromatic carbocycles. The molecule has 1 N–H and O–H groups in total. The van der Waals surface area contributed by atoms with Gasteiger partial charge in [-0.1, -0.05) is 48.5 Å². The molecular formula is C22H18N4O2S2. The van der Waals surface area contributed by atoms with Crippen LogP contribution in [0.25, 0.3) is 22.3 Å². The molecule has 0 saturated heterocycles. The number of imidazole rings is 1. The zero-order chi connectivity index (χ0) is 21.1. The second-order valence-corrected chi connectivity index (χ2v) is 9.29. The predicted octanol–water partition coefficient (Wildman–Crippen LogP) is 4.49. The van der Waals surface area contributed by atoms with E-state index in [0.717, 1.165) is 22.4 Å². The van der Waals surface area contributed by atoms with Crippen molar-refractivity contribution in [1.82, 2.24) is 14.3 Å². The molecule has 0 spiro atoms. The van der Waals surface area contributed by atoms with E-state index in [9.17, 15) is 13.7 Å². The summed E-state index contributed by atoms with van der Waals surface area (Å²) in [6, 6.07) is 22.0. The number of aryl methyl sites for hydroxylation is 1. The number of para-hydroxylation sites is 2. The highest BCUT2D eigenvalue weighted by molar-refractivity contribution is 7.91. The number of nitrogens with zero attached hydrogens (tertiary/aromatic N) is 3. The van der Waals surface area contributed by atoms with Crippen molar-refractivity contribution < 1.29 is 8.42 Å². The van der Waals surface area contributed by atoms with E-state index in [-0.39, 0.29) is 15.5 Å². The number of allylic oxidation sites excluding steroid dienone is 1. The highest BCUT2D eigenvalue weighted by Gasteiger charge is 2.24. The Morgan fingerprint density at radius 3 is 2.50 bits per heavy atom. The molecule has 0 aliphatic carbocycles. The molecule has 0 bridgehead atoms. The van der Waals surface area contributed by atoms with Crippen LogP contribution < -0.4 is 4.72 Å². The third-order valence-electron chi connectivity index (χ3n) is 4.62. The lowest BCUT2D eigenvalue weighted by Gasteiger charge is -2.14. The first-order valence-electron chi connectivity index (χ1n) is 9.27. The van der Waals surface area contributed by atoms with E-state index in [1.807, 2.05) is 41.8 Å². The Balaban J connectivity index is 1.98. The predicted molar refractivity (Wildman–Crippen MR) is 119 cm³/mol. The van der Waals surface area contributed by atoms with Crippen molar-refractivity contribution >= 4 is 43.7 Å². The van der Waals surface area contributed by atoms with E-state index in [0.29, 0.717) is 17.9 Å². The summed E-state index contributed by atoms with van der Waals surface area (Å²) in [6.07, 6.45) is 0. The van der Waals surface area contributed by atoms with Gasteiger partial charge in [0.05, 0.1) is 16.7 Å². The lowest BCUT2D eigenvalue weighted by molar-refractivity contribution is 0.593. The largest absolute Gasteiger partial charge is 0.324 e. The number of nitrogens with one attached hydrogen (secondary N) is 1. The quantitative estimate of drug-likeness (QED) is 0.453. The molecule has 30 heavy (non-hydrogen) atoms. The smallest absolute Gasteiger partial charge is 0.271 e. The minimum Gasteiger partial charge on any atom is -0.324 e. The Bertz CT molecular complexity index is 1360. The highest BCUT2D eigenvalue weighted by Crippen LogP contribution is 2.29. The van der Waals surface area contributed by atoms with Gasteiger partial charge in [0.15, 0.2) is 5.82 Å². The molecular weight excluding hydrogens is 416 g/mol. The normalized spacial score (nSPS) is 12.4. The van der Waals surface area contributed by atoms with Gasteiger partial charge in [-0.3, -0.25) is 4.72 Å². The van der Waals surface area contributed by atoms with E-state index in [1.54, 1.807) is 35.7 Å². The molecule has 0 amide bonds. The zero-order valence-corrected chi connectivity index (χ0v) is 17.7. The second kappa shape index (κ2) is 8.14. The third-order valence-corrected chi connectivity index (χ3v) is 7.36. The molecule has 0 aliphatic rings. The van der Waals surface area contributed by atoms with Crippen molar-refractivity contribution in [3.05, 3.63) is 83.5 Å². The molecule has 2 heterocycles. The van der Waals surface area contributed by atoms with E-state index in [1.165, 1.54) is 6.07 Å². The molecule has 0 aliphatic heterocycles. The lowest BCUT2D eigenvalue weighted by atomic mass is 10.1. The van der Waals surface area contributed by atoms with E-state index in [4.69, 9.17) is 0 Å². The molecule has 6 nitrogen and oxygen atoms in total. The minimum absolute atomic E-state index is 0.166. The minimum atomic E-state index is -3.85. The number of fused-ring (bicyclic) bond motifs is 1. The fourth-order valence-corrected chi connectivity index (χ4v) is 5.36. The summed E-state index contributed by atoms with van der Waals surface area (Å²) in [4.78, 5) is 4.64. The van der Waals surface area contributed by atoms with E-state index >= 15 is 0 Å². The number of nitriles is 1. The summed E-state index contributed by atoms with van der Waals surface area (Å²) >= 11 is 1.12. The molecule has 2 aromatic heterocycles. The summed E-state index contributed by atoms with van der Waals surface area (Å²) in [5.41, 5.74) is 2.59. The van der Waals surface area contributed by atoms with Gasteiger partial charge in [0.1, 0.15) is 15.9 Å². The topological polar surface area (TPSA) is 87.8 Å². The Labute approximate surface area is 178 Å². The van der Waals surface area contributed by atoms with Crippen LogP contribution in [0, 0.1) is 11.3 Å². The van der Waals surface area contributed by atoms with Crippen LogP contribution in [0.2, 0.25) is 0 Å². The summed E-state index contributed by atoms with van der Waals surface area (Å²) in [5.74, 6) is 0.425. The van der Waals surface area contributed by atoms with Crippen molar-refractivity contribution in [3.8, 4) is 6.07 Å². The molecule has 0 unspecified atom stereocenters. The number of hydrogen-bond donors (Lipinski definition) is 1. The maximum absolute atomic E-state index is 13.0. The van der Waals surface area contributed by atoms with Gasteiger partial charge in [-0.2, -0.15) is 5.26 Å². The van der Waals surface area contributed by atoms with Crippen LogP contribution >= 0.6 is 11.3 Å². The fraction of sp³-hybridized carbons (Fsp3) is 0.0909. The molecule has 0 saturated carbocycles. The van der Waals surface area contributed by atoms with Gasteiger partial charge in [0.2, 0.25) is 0 Å². The van der Waals surface area contributed by atoms with Crippen LogP contribution in [0.4, 0.5) is 0 Å². The molecule has 4 aromatic rings. The van der Waals surface area contributed by atoms with Crippen LogP contribution in [0.3, 0.4) is 0 Å². The Kier molecular flexibility index (Phi) is 5.40. The molecule has 150 valence electrons. The van der Waals surface area contributed by atoms with Crippen molar-refractivity contribution in [3.63, 3.8) is 0 Å². The van der Waals surface area contributed by atoms with Crippen molar-refractivity contribution in [2.45, 2.75) is 17.7 Å².